The number of benzene rings is 2. The van der Waals surface area contributed by atoms with Crippen molar-refractivity contribution in [2.24, 2.45) is 0 Å². The van der Waals surface area contributed by atoms with Crippen LogP contribution in [0.3, 0.4) is 0 Å². The van der Waals surface area contributed by atoms with Gasteiger partial charge in [-0.1, -0.05) is 36.4 Å². The molecule has 0 saturated carbocycles. The Hall–Kier alpha value is -2.44. The molecule has 0 aromatic heterocycles. The van der Waals surface area contributed by atoms with Crippen LogP contribution in [0.5, 0.6) is 0 Å². The Morgan fingerprint density at radius 1 is 0.920 bits per heavy atom. The third kappa shape index (κ3) is 5.01. The van der Waals surface area contributed by atoms with Crippen molar-refractivity contribution in [1.82, 2.24) is 9.80 Å². The van der Waals surface area contributed by atoms with Crippen LogP contribution in [-0.2, 0) is 4.74 Å². The first kappa shape index (κ1) is 18.9. The number of rotatable bonds is 7. The van der Waals surface area contributed by atoms with Crippen LogP contribution in [-0.4, -0.2) is 65.0 Å². The molecule has 2 amide bonds. The summed E-state index contributed by atoms with van der Waals surface area (Å²) in [7, 11) is 4.29. The summed E-state index contributed by atoms with van der Waals surface area (Å²) in [5, 5.41) is 0. The van der Waals surface area contributed by atoms with Gasteiger partial charge in [0, 0.05) is 41.7 Å². The Balaban J connectivity index is 2.09. The average molecular weight is 356 g/mol. The Bertz CT molecular complexity index is 694. The predicted molar refractivity (Wildman–Crippen MR) is 102 cm³/mol. The van der Waals surface area contributed by atoms with Gasteiger partial charge in [0.25, 0.3) is 11.8 Å². The van der Waals surface area contributed by atoms with Crippen LogP contribution >= 0.6 is 0 Å². The Labute approximate surface area is 151 Å². The van der Waals surface area contributed by atoms with Gasteiger partial charge in [-0.2, -0.15) is 0 Å². The van der Waals surface area contributed by atoms with Crippen molar-refractivity contribution in [3.8, 4) is 0 Å². The zero-order valence-electron chi connectivity index (χ0n) is 14.9. The fraction of sp³-hybridized carbons (Fsp3) is 0.263. The lowest BCUT2D eigenvalue weighted by Crippen LogP contribution is -2.47. The molecule has 0 radical (unpaired) electrons. The number of amides is 2. The van der Waals surface area contributed by atoms with E-state index in [0.717, 1.165) is 10.2 Å². The molecule has 6 heteroatoms. The molecule has 0 N–H and O–H groups in total. The van der Waals surface area contributed by atoms with Crippen LogP contribution in [0.1, 0.15) is 20.7 Å². The first-order valence-electron chi connectivity index (χ1n) is 8.29. The monoisotopic (exact) mass is 356 g/mol. The fourth-order valence-corrected chi connectivity index (χ4v) is 2.90. The van der Waals surface area contributed by atoms with Crippen LogP contribution in [0.25, 0.3) is 0 Å². The van der Waals surface area contributed by atoms with Gasteiger partial charge < -0.3 is 14.5 Å². The van der Waals surface area contributed by atoms with Gasteiger partial charge in [-0.25, -0.2) is 0 Å². The van der Waals surface area contributed by atoms with E-state index in [0.29, 0.717) is 23.9 Å². The molecule has 1 atom stereocenters. The van der Waals surface area contributed by atoms with E-state index in [4.69, 9.17) is 4.74 Å². The van der Waals surface area contributed by atoms with Gasteiger partial charge in [0.2, 0.25) is 0 Å². The van der Waals surface area contributed by atoms with E-state index in [1.165, 1.54) is 0 Å². The summed E-state index contributed by atoms with van der Waals surface area (Å²) >= 11 is 0. The van der Waals surface area contributed by atoms with Crippen LogP contribution in [0.4, 0.5) is 0 Å². The van der Waals surface area contributed by atoms with Crippen LogP contribution in [0, 0.1) is 0 Å². The third-order valence-electron chi connectivity index (χ3n) is 3.93. The Morgan fingerprint density at radius 3 is 1.88 bits per heavy atom. The first-order valence-corrected chi connectivity index (χ1v) is 9.70. The minimum absolute atomic E-state index is 0.0943. The fourth-order valence-electron chi connectivity index (χ4n) is 2.51. The molecule has 5 nitrogen and oxygen atoms in total. The smallest absolute Gasteiger partial charge is 0.255 e. The van der Waals surface area contributed by atoms with Crippen molar-refractivity contribution >= 4 is 22.1 Å². The maximum Gasteiger partial charge on any atom is 0.255 e. The van der Waals surface area contributed by atoms with E-state index >= 15 is 0 Å². The molecule has 132 valence electrons. The number of carbonyl (C=O) groups excluding carboxylic acids is 2. The molecule has 0 aliphatic heterocycles. The number of likely N-dealkylation sites (N-methyl/N-ethyl adjacent to an activating group) is 2. The van der Waals surface area contributed by atoms with Crippen molar-refractivity contribution in [2.45, 2.75) is 6.23 Å². The highest BCUT2D eigenvalue weighted by Gasteiger charge is 2.24. The Morgan fingerprint density at radius 2 is 1.40 bits per heavy atom. The maximum atomic E-state index is 12.6. The Kier molecular flexibility index (Phi) is 6.91. The lowest BCUT2D eigenvalue weighted by atomic mass is 10.2. The molecule has 0 aliphatic carbocycles. The van der Waals surface area contributed by atoms with Gasteiger partial charge in [-0.15, -0.1) is 0 Å². The molecule has 0 fully saturated rings. The molecule has 25 heavy (non-hydrogen) atoms. The van der Waals surface area contributed by atoms with Crippen molar-refractivity contribution in [2.75, 3.05) is 26.9 Å². The number of nitrogens with zero attached hydrogens (tertiary/aromatic N) is 2. The molecule has 2 aromatic carbocycles. The topological polar surface area (TPSA) is 49.9 Å². The van der Waals surface area contributed by atoms with Gasteiger partial charge in [-0.05, 0) is 24.3 Å². The molecule has 0 bridgehead atoms. The zero-order chi connectivity index (χ0) is 18.2. The van der Waals surface area contributed by atoms with Gasteiger partial charge in [0.15, 0.2) is 0 Å². The van der Waals surface area contributed by atoms with Gasteiger partial charge in [0.05, 0.1) is 6.54 Å². The second kappa shape index (κ2) is 9.15. The number of carbonyl (C=O) groups is 2. The lowest BCUT2D eigenvalue weighted by Gasteiger charge is -2.31. The van der Waals surface area contributed by atoms with E-state index in [1.54, 1.807) is 48.2 Å². The highest BCUT2D eigenvalue weighted by molar-refractivity contribution is 6.08. The molecule has 2 aromatic rings. The van der Waals surface area contributed by atoms with Crippen molar-refractivity contribution in [3.05, 3.63) is 71.8 Å². The van der Waals surface area contributed by atoms with E-state index in [9.17, 15) is 9.59 Å². The molecule has 2 rings (SSSR count). The average Bonchev–Trinajstić information content (AvgIpc) is 2.67. The van der Waals surface area contributed by atoms with Crippen molar-refractivity contribution in [1.29, 1.82) is 0 Å². The molecule has 0 saturated heterocycles. The van der Waals surface area contributed by atoms with Crippen molar-refractivity contribution < 1.29 is 14.3 Å². The summed E-state index contributed by atoms with van der Waals surface area (Å²) in [6, 6.07) is 18.2. The second-order valence-electron chi connectivity index (χ2n) is 5.74. The maximum absolute atomic E-state index is 12.6. The zero-order valence-corrected chi connectivity index (χ0v) is 16.9. The molecular formula is C19H24N2O3Si. The third-order valence-corrected chi connectivity index (χ3v) is 4.26. The summed E-state index contributed by atoms with van der Waals surface area (Å²) in [6.45, 7) is 0.311. The SMILES string of the molecule is CN(CC(OC[SiH3])N(C)C(=O)c1ccccc1)C(=O)c1ccccc1. The van der Waals surface area contributed by atoms with Crippen molar-refractivity contribution in [3.63, 3.8) is 0 Å². The van der Waals surface area contributed by atoms with E-state index in [2.05, 4.69) is 0 Å². The van der Waals surface area contributed by atoms with Crippen LogP contribution in [0.2, 0.25) is 0 Å². The van der Waals surface area contributed by atoms with E-state index in [1.807, 2.05) is 36.4 Å². The number of ether oxygens (including phenoxy) is 1. The highest BCUT2D eigenvalue weighted by atomic mass is 28.1. The summed E-state index contributed by atoms with van der Waals surface area (Å²) in [5.74, 6) is -0.218. The lowest BCUT2D eigenvalue weighted by molar-refractivity contribution is -0.0298. The highest BCUT2D eigenvalue weighted by Crippen LogP contribution is 2.10. The van der Waals surface area contributed by atoms with E-state index in [-0.39, 0.29) is 11.8 Å². The summed E-state index contributed by atoms with van der Waals surface area (Å²) in [4.78, 5) is 28.3. The van der Waals surface area contributed by atoms with Gasteiger partial charge in [-0.3, -0.25) is 9.59 Å². The molecule has 0 aliphatic rings. The van der Waals surface area contributed by atoms with Crippen LogP contribution in [0.15, 0.2) is 60.7 Å². The van der Waals surface area contributed by atoms with Gasteiger partial charge >= 0.3 is 0 Å². The van der Waals surface area contributed by atoms with Crippen LogP contribution < -0.4 is 0 Å². The number of hydrogen-bond acceptors (Lipinski definition) is 3. The minimum atomic E-state index is -0.483. The molecule has 0 heterocycles. The summed E-state index contributed by atoms with van der Waals surface area (Å²) in [6.07, 6.45) is 0.104. The predicted octanol–water partition coefficient (Wildman–Crippen LogP) is 1.20. The van der Waals surface area contributed by atoms with Gasteiger partial charge in [0.1, 0.15) is 6.23 Å². The standard InChI is InChI=1S/C19H24N2O3Si/c1-20(18(22)15-9-5-3-6-10-15)13-17(24-14-25)21(2)19(23)16-11-7-4-8-12-16/h3-12,17H,13-14H2,1-2,25H3. The second-order valence-corrected chi connectivity index (χ2v) is 6.32. The molecular weight excluding hydrogens is 332 g/mol. The molecule has 1 unspecified atom stereocenters. The number of hydrogen-bond donors (Lipinski definition) is 0. The normalized spacial score (nSPS) is 11.8. The first-order chi connectivity index (χ1) is 12.0. The largest absolute Gasteiger partial charge is 0.361 e. The minimum Gasteiger partial charge on any atom is -0.361 e. The van der Waals surface area contributed by atoms with E-state index < -0.39 is 6.23 Å². The molecule has 0 spiro atoms. The summed E-state index contributed by atoms with van der Waals surface area (Å²) in [5.41, 5.74) is 1.22. The quantitative estimate of drug-likeness (QED) is 0.553. The summed E-state index contributed by atoms with van der Waals surface area (Å²) < 4.78 is 5.78.